The number of hydrogen-bond donors (Lipinski definition) is 5. The van der Waals surface area contributed by atoms with E-state index in [1.54, 1.807) is 71.9 Å². The van der Waals surface area contributed by atoms with Crippen molar-refractivity contribution in [3.05, 3.63) is 36.0 Å². The van der Waals surface area contributed by atoms with Gasteiger partial charge in [0.2, 0.25) is 17.8 Å². The number of rotatable bonds is 10. The molecule has 4 amide bonds. The molecule has 1 rings (SSSR count). The molecule has 42 heavy (non-hydrogen) atoms. The highest BCUT2D eigenvalue weighted by Gasteiger charge is 2.21. The van der Waals surface area contributed by atoms with E-state index in [0.717, 1.165) is 5.56 Å². The number of hydrogen-bond acceptors (Lipinski definition) is 10. The van der Waals surface area contributed by atoms with Crippen LogP contribution < -0.4 is 26.0 Å². The molecule has 0 heterocycles. The maximum Gasteiger partial charge on any atom is 0.414 e. The average Bonchev–Trinajstić information content (AvgIpc) is 2.83. The number of carbonyl (C=O) groups excluding carboxylic acids is 5. The van der Waals surface area contributed by atoms with Gasteiger partial charge in [-0.1, -0.05) is 12.1 Å². The van der Waals surface area contributed by atoms with Crippen LogP contribution in [-0.2, 0) is 23.9 Å². The first-order chi connectivity index (χ1) is 19.4. The van der Waals surface area contributed by atoms with E-state index in [1.807, 2.05) is 0 Å². The molecule has 5 N–H and O–H groups in total. The zero-order valence-electron chi connectivity index (χ0n) is 25.0. The molecule has 0 spiro atoms. The molecular formula is C28H41N5O9. The summed E-state index contributed by atoms with van der Waals surface area (Å²) >= 11 is 0. The third kappa shape index (κ3) is 17.3. The number of nitrogens with zero attached hydrogens (tertiary/aromatic N) is 1. The molecule has 0 aliphatic carbocycles. The van der Waals surface area contributed by atoms with Gasteiger partial charge in [-0.05, 0) is 78.2 Å². The predicted molar refractivity (Wildman–Crippen MR) is 154 cm³/mol. The standard InChI is InChI=1S/C28H41N5O9/c1-18(34)40-20-12-10-19(11-13-20)14-16-29-22(36)17-31-23(37)21(35)9-8-15-30-24(32-25(38)41-27(2,3)4)33-26(39)42-28(5,6)7/h10-14,16,21,35H,8-9,15,17H2,1-7H3,(H,29,36)(H,31,37)(H2,30,32,33,38,39)/b16-14+. The van der Waals surface area contributed by atoms with Gasteiger partial charge in [0.1, 0.15) is 23.1 Å². The highest BCUT2D eigenvalue weighted by Crippen LogP contribution is 2.13. The van der Waals surface area contributed by atoms with Crippen molar-refractivity contribution in [2.75, 3.05) is 13.1 Å². The molecule has 14 heteroatoms. The van der Waals surface area contributed by atoms with E-state index in [9.17, 15) is 29.1 Å². The summed E-state index contributed by atoms with van der Waals surface area (Å²) in [6.07, 6.45) is 0.0833. The van der Waals surface area contributed by atoms with Gasteiger partial charge >= 0.3 is 18.2 Å². The van der Waals surface area contributed by atoms with Crippen molar-refractivity contribution in [1.29, 1.82) is 0 Å². The third-order valence-corrected chi connectivity index (χ3v) is 4.53. The van der Waals surface area contributed by atoms with Crippen molar-refractivity contribution in [1.82, 2.24) is 21.3 Å². The van der Waals surface area contributed by atoms with E-state index in [4.69, 9.17) is 14.2 Å². The zero-order valence-corrected chi connectivity index (χ0v) is 25.0. The van der Waals surface area contributed by atoms with Gasteiger partial charge in [-0.3, -0.25) is 30.0 Å². The summed E-state index contributed by atoms with van der Waals surface area (Å²) in [4.78, 5) is 63.5. The van der Waals surface area contributed by atoms with Gasteiger partial charge in [0.05, 0.1) is 6.54 Å². The van der Waals surface area contributed by atoms with Gasteiger partial charge in [0, 0.05) is 19.7 Å². The quantitative estimate of drug-likeness (QED) is 0.0892. The molecule has 0 fully saturated rings. The van der Waals surface area contributed by atoms with Crippen LogP contribution in [0.5, 0.6) is 5.75 Å². The second-order valence-corrected chi connectivity index (χ2v) is 10.9. The second-order valence-electron chi connectivity index (χ2n) is 10.9. The molecular weight excluding hydrogens is 550 g/mol. The highest BCUT2D eigenvalue weighted by atomic mass is 16.6. The van der Waals surface area contributed by atoms with Crippen LogP contribution >= 0.6 is 0 Å². The van der Waals surface area contributed by atoms with Gasteiger partial charge < -0.3 is 30.0 Å². The van der Waals surface area contributed by atoms with Crippen molar-refractivity contribution < 1.29 is 43.3 Å². The Hall–Kier alpha value is -4.46. The molecule has 1 atom stereocenters. The molecule has 1 aromatic rings. The van der Waals surface area contributed by atoms with Gasteiger partial charge in [-0.25, -0.2) is 9.59 Å². The Kier molecular flexibility index (Phi) is 14.2. The minimum atomic E-state index is -1.42. The zero-order chi connectivity index (χ0) is 31.9. The van der Waals surface area contributed by atoms with Crippen molar-refractivity contribution in [2.24, 2.45) is 4.99 Å². The fraction of sp³-hybridized carbons (Fsp3) is 0.500. The molecule has 0 saturated heterocycles. The second kappa shape index (κ2) is 16.7. The summed E-state index contributed by atoms with van der Waals surface area (Å²) in [7, 11) is 0. The number of amides is 4. The lowest BCUT2D eigenvalue weighted by Crippen LogP contribution is -2.47. The number of carbonyl (C=O) groups is 5. The number of alkyl carbamates (subject to hydrolysis) is 2. The number of aliphatic hydroxyl groups is 1. The average molecular weight is 592 g/mol. The fourth-order valence-electron chi connectivity index (χ4n) is 2.90. The number of aliphatic hydroxyl groups excluding tert-OH is 1. The Bertz CT molecular complexity index is 1120. The van der Waals surface area contributed by atoms with Gasteiger partial charge in [-0.15, -0.1) is 0 Å². The Morgan fingerprint density at radius 2 is 1.48 bits per heavy atom. The third-order valence-electron chi connectivity index (χ3n) is 4.53. The predicted octanol–water partition coefficient (Wildman–Crippen LogP) is 2.36. The fourth-order valence-corrected chi connectivity index (χ4v) is 2.90. The Labute approximate surface area is 245 Å². The summed E-state index contributed by atoms with van der Waals surface area (Å²) in [5.74, 6) is -1.52. The van der Waals surface area contributed by atoms with Crippen LogP contribution in [0.3, 0.4) is 0 Å². The van der Waals surface area contributed by atoms with Gasteiger partial charge in [0.25, 0.3) is 0 Å². The van der Waals surface area contributed by atoms with E-state index in [2.05, 4.69) is 26.3 Å². The van der Waals surface area contributed by atoms with E-state index >= 15 is 0 Å². The number of nitrogens with one attached hydrogen (secondary N) is 4. The number of aliphatic imine (C=N–C) groups is 1. The monoisotopic (exact) mass is 591 g/mol. The number of benzene rings is 1. The van der Waals surface area contributed by atoms with Crippen LogP contribution in [0.1, 0.15) is 66.9 Å². The minimum Gasteiger partial charge on any atom is -0.444 e. The largest absolute Gasteiger partial charge is 0.444 e. The number of ether oxygens (including phenoxy) is 3. The first-order valence-electron chi connectivity index (χ1n) is 13.2. The summed E-state index contributed by atoms with van der Waals surface area (Å²) < 4.78 is 15.3. The minimum absolute atomic E-state index is 0.00759. The van der Waals surface area contributed by atoms with E-state index < -0.39 is 47.3 Å². The van der Waals surface area contributed by atoms with Crippen molar-refractivity contribution in [3.63, 3.8) is 0 Å². The summed E-state index contributed by atoms with van der Waals surface area (Å²) in [5, 5.41) is 19.6. The molecule has 0 saturated carbocycles. The lowest BCUT2D eigenvalue weighted by molar-refractivity contribution is -0.132. The molecule has 232 valence electrons. The van der Waals surface area contributed by atoms with Crippen LogP contribution in [0.4, 0.5) is 9.59 Å². The molecule has 0 aliphatic heterocycles. The molecule has 0 aliphatic rings. The summed E-state index contributed by atoms with van der Waals surface area (Å²) in [6, 6.07) is 6.58. The van der Waals surface area contributed by atoms with E-state index in [0.29, 0.717) is 5.75 Å². The molecule has 1 unspecified atom stereocenters. The Balaban J connectivity index is 2.52. The molecule has 0 radical (unpaired) electrons. The van der Waals surface area contributed by atoms with E-state index in [1.165, 1.54) is 13.1 Å². The van der Waals surface area contributed by atoms with Crippen LogP contribution in [0.2, 0.25) is 0 Å². The lowest BCUT2D eigenvalue weighted by atomic mass is 10.2. The smallest absolute Gasteiger partial charge is 0.414 e. The van der Waals surface area contributed by atoms with Crippen LogP contribution in [-0.4, -0.2) is 71.4 Å². The lowest BCUT2D eigenvalue weighted by Gasteiger charge is -2.22. The molecule has 0 bridgehead atoms. The maximum atomic E-state index is 12.2. The van der Waals surface area contributed by atoms with Gasteiger partial charge in [0.15, 0.2) is 0 Å². The van der Waals surface area contributed by atoms with Crippen LogP contribution in [0.15, 0.2) is 35.5 Å². The first-order valence-corrected chi connectivity index (χ1v) is 13.2. The first kappa shape index (κ1) is 35.6. The summed E-state index contributed by atoms with van der Waals surface area (Å²) in [6.45, 7) is 11.0. The van der Waals surface area contributed by atoms with Gasteiger partial charge in [-0.2, -0.15) is 0 Å². The molecule has 1 aromatic carbocycles. The van der Waals surface area contributed by atoms with E-state index in [-0.39, 0.29) is 31.9 Å². The van der Waals surface area contributed by atoms with Crippen LogP contribution in [0, 0.1) is 0 Å². The number of guanidine groups is 1. The Morgan fingerprint density at radius 3 is 1.98 bits per heavy atom. The summed E-state index contributed by atoms with van der Waals surface area (Å²) in [5.41, 5.74) is -0.837. The SMILES string of the molecule is CC(=O)Oc1ccc(/C=C/NC(=O)CNC(=O)C(O)CCCN=C(NC(=O)OC(C)(C)C)NC(=O)OC(C)(C)C)cc1. The maximum absolute atomic E-state index is 12.2. The molecule has 0 aromatic heterocycles. The van der Waals surface area contributed by atoms with Crippen molar-refractivity contribution in [2.45, 2.75) is 78.6 Å². The van der Waals surface area contributed by atoms with Crippen molar-refractivity contribution >= 4 is 42.0 Å². The highest BCUT2D eigenvalue weighted by molar-refractivity contribution is 6.01. The van der Waals surface area contributed by atoms with Crippen LogP contribution in [0.25, 0.3) is 6.08 Å². The Morgan fingerprint density at radius 1 is 0.929 bits per heavy atom. The topological polar surface area (TPSA) is 194 Å². The molecule has 14 nitrogen and oxygen atoms in total. The van der Waals surface area contributed by atoms with Crippen molar-refractivity contribution in [3.8, 4) is 5.75 Å². The number of esters is 1. The normalized spacial score (nSPS) is 12.0.